The van der Waals surface area contributed by atoms with E-state index in [4.69, 9.17) is 14.6 Å². The van der Waals surface area contributed by atoms with Crippen molar-refractivity contribution < 1.29 is 29.3 Å². The van der Waals surface area contributed by atoms with Gasteiger partial charge in [-0.25, -0.2) is 4.79 Å². The number of aliphatic carboxylic acids is 1. The number of hydrogen-bond donors (Lipinski definition) is 2. The number of esters is 1. The number of unbranched alkanes of at least 4 members (excludes halogenated alkanes) is 14. The molecule has 0 atom stereocenters. The van der Waals surface area contributed by atoms with E-state index >= 15 is 0 Å². The average Bonchev–Trinajstić information content (AvgIpc) is 2.82. The van der Waals surface area contributed by atoms with Gasteiger partial charge in [-0.1, -0.05) is 89.5 Å². The van der Waals surface area contributed by atoms with Crippen molar-refractivity contribution in [2.24, 2.45) is 0 Å². The highest BCUT2D eigenvalue weighted by Crippen LogP contribution is 2.26. The lowest BCUT2D eigenvalue weighted by molar-refractivity contribution is -0.138. The van der Waals surface area contributed by atoms with Crippen molar-refractivity contribution >= 4 is 18.0 Å². The van der Waals surface area contributed by atoms with Gasteiger partial charge in [0.2, 0.25) is 0 Å². The Morgan fingerprint density at radius 1 is 0.794 bits per heavy atom. The molecule has 0 radical (unpaired) electrons. The molecule has 192 valence electrons. The van der Waals surface area contributed by atoms with E-state index in [9.17, 15) is 14.7 Å². The van der Waals surface area contributed by atoms with Gasteiger partial charge in [0.1, 0.15) is 0 Å². The highest BCUT2D eigenvalue weighted by atomic mass is 16.5. The maximum atomic E-state index is 11.8. The number of hydrogen-bond acceptors (Lipinski definition) is 5. The minimum Gasteiger partial charge on any atom is -0.504 e. The molecule has 6 heteroatoms. The lowest BCUT2D eigenvalue weighted by atomic mass is 10.0. The normalized spacial score (nSPS) is 11.1. The molecule has 0 aromatic heterocycles. The third-order valence-electron chi connectivity index (χ3n) is 5.89. The van der Waals surface area contributed by atoms with Gasteiger partial charge in [0.25, 0.3) is 0 Å². The molecule has 6 nitrogen and oxygen atoms in total. The van der Waals surface area contributed by atoms with Crippen molar-refractivity contribution in [3.63, 3.8) is 0 Å². The third-order valence-corrected chi connectivity index (χ3v) is 5.89. The van der Waals surface area contributed by atoms with Gasteiger partial charge in [0.15, 0.2) is 11.5 Å². The highest BCUT2D eigenvalue weighted by molar-refractivity contribution is 5.87. The molecule has 0 bridgehead atoms. The molecular formula is C28H44O6. The Bertz CT molecular complexity index is 713. The van der Waals surface area contributed by atoms with E-state index in [1.807, 2.05) is 0 Å². The molecule has 0 amide bonds. The third kappa shape index (κ3) is 16.2. The summed E-state index contributed by atoms with van der Waals surface area (Å²) in [4.78, 5) is 22.2. The Morgan fingerprint density at radius 2 is 1.29 bits per heavy atom. The number of carboxylic acids is 1. The molecule has 0 aliphatic carbocycles. The molecule has 0 fully saturated rings. The summed E-state index contributed by atoms with van der Waals surface area (Å²) in [5.74, 6) is -0.601. The summed E-state index contributed by atoms with van der Waals surface area (Å²) in [7, 11) is 1.48. The zero-order valence-corrected chi connectivity index (χ0v) is 20.9. The molecule has 0 saturated carbocycles. The largest absolute Gasteiger partial charge is 0.504 e. The second-order valence-electron chi connectivity index (χ2n) is 8.88. The second kappa shape index (κ2) is 19.9. The van der Waals surface area contributed by atoms with Crippen LogP contribution in [0.2, 0.25) is 0 Å². The van der Waals surface area contributed by atoms with Gasteiger partial charge in [-0.15, -0.1) is 0 Å². The number of methoxy groups -OCH3 is 1. The Balaban J connectivity index is 1.86. The van der Waals surface area contributed by atoms with Crippen LogP contribution in [0.15, 0.2) is 24.3 Å². The van der Waals surface area contributed by atoms with E-state index in [2.05, 4.69) is 0 Å². The summed E-state index contributed by atoms with van der Waals surface area (Å²) in [6, 6.07) is 4.90. The summed E-state index contributed by atoms with van der Waals surface area (Å²) in [5, 5.41) is 18.2. The summed E-state index contributed by atoms with van der Waals surface area (Å²) < 4.78 is 10.3. The van der Waals surface area contributed by atoms with Crippen molar-refractivity contribution in [1.29, 1.82) is 0 Å². The molecule has 34 heavy (non-hydrogen) atoms. The van der Waals surface area contributed by atoms with Crippen molar-refractivity contribution in [1.82, 2.24) is 0 Å². The van der Waals surface area contributed by atoms with E-state index in [0.29, 0.717) is 18.8 Å². The second-order valence-corrected chi connectivity index (χ2v) is 8.88. The molecule has 1 aromatic rings. The number of rotatable bonds is 21. The van der Waals surface area contributed by atoms with Gasteiger partial charge in [-0.05, 0) is 36.6 Å². The number of carbonyl (C=O) groups excluding carboxylic acids is 1. The number of phenols is 1. The first-order valence-corrected chi connectivity index (χ1v) is 13.0. The predicted octanol–water partition coefficient (Wildman–Crippen LogP) is 7.28. The molecule has 0 aliphatic heterocycles. The van der Waals surface area contributed by atoms with E-state index in [1.165, 1.54) is 89.9 Å². The van der Waals surface area contributed by atoms with Gasteiger partial charge < -0.3 is 19.7 Å². The molecule has 0 heterocycles. The Labute approximate surface area is 205 Å². The minimum atomic E-state index is -0.681. The SMILES string of the molecule is COc1cc(/C=C/C(=O)OCCCCCCCCCCCCCCCCCC(=O)O)ccc1O. The zero-order valence-electron chi connectivity index (χ0n) is 20.9. The molecule has 0 unspecified atom stereocenters. The fourth-order valence-electron chi connectivity index (χ4n) is 3.86. The van der Waals surface area contributed by atoms with Crippen LogP contribution in [0.4, 0.5) is 0 Å². The fourth-order valence-corrected chi connectivity index (χ4v) is 3.86. The van der Waals surface area contributed by atoms with Gasteiger partial charge >= 0.3 is 11.9 Å². The minimum absolute atomic E-state index is 0.0666. The molecule has 0 aliphatic rings. The van der Waals surface area contributed by atoms with Crippen molar-refractivity contribution in [3.8, 4) is 11.5 Å². The average molecular weight is 477 g/mol. The predicted molar refractivity (Wildman–Crippen MR) is 136 cm³/mol. The zero-order chi connectivity index (χ0) is 24.9. The number of carbonyl (C=O) groups is 2. The van der Waals surface area contributed by atoms with Gasteiger partial charge in [-0.2, -0.15) is 0 Å². The number of carboxylic acid groups (broad SMARTS) is 1. The molecular weight excluding hydrogens is 432 g/mol. The topological polar surface area (TPSA) is 93.1 Å². The first-order valence-electron chi connectivity index (χ1n) is 13.0. The van der Waals surface area contributed by atoms with E-state index in [0.717, 1.165) is 31.2 Å². The standard InChI is InChI=1S/C28H44O6/c1-33-26-23-24(18-20-25(26)29)19-21-28(32)34-22-16-14-12-10-8-6-4-2-3-5-7-9-11-13-15-17-27(30)31/h18-21,23,29H,2-17,22H2,1H3,(H,30,31)/b21-19+. The summed E-state index contributed by atoms with van der Waals surface area (Å²) in [5.41, 5.74) is 0.761. The lowest BCUT2D eigenvalue weighted by Gasteiger charge is -2.05. The van der Waals surface area contributed by atoms with Crippen LogP contribution in [0.1, 0.15) is 108 Å². The number of benzene rings is 1. The van der Waals surface area contributed by atoms with Crippen LogP contribution in [-0.4, -0.2) is 35.9 Å². The monoisotopic (exact) mass is 476 g/mol. The van der Waals surface area contributed by atoms with E-state index < -0.39 is 5.97 Å². The number of aromatic hydroxyl groups is 1. The summed E-state index contributed by atoms with van der Waals surface area (Å²) in [6.45, 7) is 0.446. The maximum Gasteiger partial charge on any atom is 0.330 e. The van der Waals surface area contributed by atoms with Crippen LogP contribution in [0.3, 0.4) is 0 Å². The summed E-state index contributed by atoms with van der Waals surface area (Å²) in [6.07, 6.45) is 21.1. The van der Waals surface area contributed by atoms with Crippen molar-refractivity contribution in [3.05, 3.63) is 29.8 Å². The summed E-state index contributed by atoms with van der Waals surface area (Å²) >= 11 is 0. The van der Waals surface area contributed by atoms with Crippen LogP contribution < -0.4 is 4.74 Å². The van der Waals surface area contributed by atoms with Crippen LogP contribution in [0.25, 0.3) is 6.08 Å². The van der Waals surface area contributed by atoms with Crippen molar-refractivity contribution in [2.45, 2.75) is 103 Å². The Hall–Kier alpha value is -2.50. The first kappa shape index (κ1) is 29.5. The van der Waals surface area contributed by atoms with Gasteiger partial charge in [0, 0.05) is 12.5 Å². The van der Waals surface area contributed by atoms with Crippen molar-refractivity contribution in [2.75, 3.05) is 13.7 Å². The van der Waals surface area contributed by atoms with E-state index in [1.54, 1.807) is 18.2 Å². The van der Waals surface area contributed by atoms with Gasteiger partial charge in [0.05, 0.1) is 13.7 Å². The molecule has 0 spiro atoms. The van der Waals surface area contributed by atoms with Crippen LogP contribution in [0, 0.1) is 0 Å². The maximum absolute atomic E-state index is 11.8. The molecule has 1 aromatic carbocycles. The number of ether oxygens (including phenoxy) is 2. The highest BCUT2D eigenvalue weighted by Gasteiger charge is 2.02. The number of phenolic OH excluding ortho intramolecular Hbond substituents is 1. The van der Waals surface area contributed by atoms with Crippen LogP contribution in [-0.2, 0) is 14.3 Å². The smallest absolute Gasteiger partial charge is 0.330 e. The lowest BCUT2D eigenvalue weighted by Crippen LogP contribution is -2.02. The Kier molecular flexibility index (Phi) is 17.3. The molecule has 2 N–H and O–H groups in total. The Morgan fingerprint density at radius 3 is 1.79 bits per heavy atom. The van der Waals surface area contributed by atoms with Gasteiger partial charge in [-0.3, -0.25) is 4.79 Å². The van der Waals surface area contributed by atoms with Crippen LogP contribution >= 0.6 is 0 Å². The molecule has 1 rings (SSSR count). The first-order chi connectivity index (χ1) is 16.5. The molecule has 0 saturated heterocycles. The fraction of sp³-hybridized carbons (Fsp3) is 0.643. The van der Waals surface area contributed by atoms with Crippen LogP contribution in [0.5, 0.6) is 11.5 Å². The van der Waals surface area contributed by atoms with E-state index in [-0.39, 0.29) is 11.7 Å². The quantitative estimate of drug-likeness (QED) is 0.110.